The number of hydrogen-bond acceptors (Lipinski definition) is 4. The monoisotopic (exact) mass is 384 g/mol. The van der Waals surface area contributed by atoms with Crippen LogP contribution in [0.1, 0.15) is 43.2 Å². The normalized spacial score (nSPS) is 15.3. The van der Waals surface area contributed by atoms with Gasteiger partial charge in [-0.25, -0.2) is 0 Å². The number of halogens is 2. The summed E-state index contributed by atoms with van der Waals surface area (Å²) in [6, 6.07) is 5.58. The zero-order valence-electron chi connectivity index (χ0n) is 13.4. The minimum atomic E-state index is -0.189. The van der Waals surface area contributed by atoms with Gasteiger partial charge in [0.25, 0.3) is 0 Å². The largest absolute Gasteiger partial charge is 0.349 e. The molecule has 1 aliphatic rings. The van der Waals surface area contributed by atoms with Gasteiger partial charge in [-0.2, -0.15) is 0 Å². The van der Waals surface area contributed by atoms with Crippen LogP contribution in [-0.4, -0.2) is 26.4 Å². The molecule has 1 fully saturated rings. The average Bonchev–Trinajstić information content (AvgIpc) is 3.28. The lowest BCUT2D eigenvalue weighted by Gasteiger charge is -2.16. The van der Waals surface area contributed by atoms with Gasteiger partial charge >= 0.3 is 0 Å². The Kier molecular flexibility index (Phi) is 5.37. The SMILES string of the molecule is Cc1nnc(SCC(=O)N[C@H](C)c2ccc(Cl)cc2Cl)n1C1CC1. The van der Waals surface area contributed by atoms with Crippen molar-refractivity contribution >= 4 is 40.9 Å². The third-order valence-corrected chi connectivity index (χ3v) is 5.39. The zero-order chi connectivity index (χ0) is 17.3. The Morgan fingerprint density at radius 2 is 2.17 bits per heavy atom. The molecule has 2 aromatic rings. The number of aromatic nitrogens is 3. The average molecular weight is 385 g/mol. The van der Waals surface area contributed by atoms with E-state index in [2.05, 4.69) is 20.1 Å². The summed E-state index contributed by atoms with van der Waals surface area (Å²) in [5.41, 5.74) is 0.844. The highest BCUT2D eigenvalue weighted by atomic mass is 35.5. The summed E-state index contributed by atoms with van der Waals surface area (Å²) in [7, 11) is 0. The van der Waals surface area contributed by atoms with E-state index in [1.54, 1.807) is 12.1 Å². The van der Waals surface area contributed by atoms with Crippen LogP contribution in [-0.2, 0) is 4.79 Å². The number of nitrogens with one attached hydrogen (secondary N) is 1. The van der Waals surface area contributed by atoms with E-state index in [-0.39, 0.29) is 11.9 Å². The van der Waals surface area contributed by atoms with Crippen LogP contribution >= 0.6 is 35.0 Å². The van der Waals surface area contributed by atoms with Gasteiger partial charge < -0.3 is 9.88 Å². The molecular formula is C16H18Cl2N4OS. The molecule has 1 heterocycles. The molecule has 1 amide bonds. The number of thioether (sulfide) groups is 1. The maximum absolute atomic E-state index is 12.2. The Bertz CT molecular complexity index is 761. The molecule has 3 rings (SSSR count). The number of aryl methyl sites for hydroxylation is 1. The van der Waals surface area contributed by atoms with Crippen molar-refractivity contribution in [1.29, 1.82) is 0 Å². The number of carbonyl (C=O) groups is 1. The lowest BCUT2D eigenvalue weighted by molar-refractivity contribution is -0.119. The highest BCUT2D eigenvalue weighted by Gasteiger charge is 2.28. The minimum Gasteiger partial charge on any atom is -0.349 e. The Labute approximate surface area is 155 Å². The molecule has 1 aromatic heterocycles. The van der Waals surface area contributed by atoms with Crippen LogP contribution in [0.5, 0.6) is 0 Å². The quantitative estimate of drug-likeness (QED) is 0.758. The standard InChI is InChI=1S/C16H18Cl2N4OS/c1-9(13-6-3-11(17)7-14(13)18)19-15(23)8-24-16-21-20-10(2)22(16)12-4-5-12/h3,6-7,9,12H,4-5,8H2,1-2H3,(H,19,23)/t9-/m1/s1. The number of nitrogens with zero attached hydrogens (tertiary/aromatic N) is 3. The van der Waals surface area contributed by atoms with Gasteiger partial charge in [0.15, 0.2) is 5.16 Å². The van der Waals surface area contributed by atoms with Crippen LogP contribution in [0.3, 0.4) is 0 Å². The van der Waals surface area contributed by atoms with Crippen LogP contribution in [0, 0.1) is 6.92 Å². The molecule has 8 heteroatoms. The van der Waals surface area contributed by atoms with E-state index in [1.165, 1.54) is 11.8 Å². The van der Waals surface area contributed by atoms with Crippen molar-refractivity contribution in [3.8, 4) is 0 Å². The smallest absolute Gasteiger partial charge is 0.230 e. The summed E-state index contributed by atoms with van der Waals surface area (Å²) in [6.45, 7) is 3.84. The molecule has 0 spiro atoms. The van der Waals surface area contributed by atoms with Gasteiger partial charge in [0, 0.05) is 16.1 Å². The molecule has 128 valence electrons. The van der Waals surface area contributed by atoms with E-state index in [1.807, 2.05) is 19.9 Å². The fourth-order valence-corrected chi connectivity index (χ4v) is 3.98. The molecule has 1 N–H and O–H groups in total. The van der Waals surface area contributed by atoms with Gasteiger partial charge in [0.1, 0.15) is 5.82 Å². The highest BCUT2D eigenvalue weighted by molar-refractivity contribution is 7.99. The molecule has 0 unspecified atom stereocenters. The summed E-state index contributed by atoms with van der Waals surface area (Å²) in [5, 5.41) is 13.2. The van der Waals surface area contributed by atoms with Crippen LogP contribution < -0.4 is 5.32 Å². The summed E-state index contributed by atoms with van der Waals surface area (Å²) < 4.78 is 2.12. The Morgan fingerprint density at radius 1 is 1.42 bits per heavy atom. The van der Waals surface area contributed by atoms with E-state index in [0.717, 1.165) is 29.4 Å². The van der Waals surface area contributed by atoms with Crippen molar-refractivity contribution in [3.05, 3.63) is 39.6 Å². The zero-order valence-corrected chi connectivity index (χ0v) is 15.8. The predicted octanol–water partition coefficient (Wildman–Crippen LogP) is 4.20. The predicted molar refractivity (Wildman–Crippen MR) is 96.8 cm³/mol. The summed E-state index contributed by atoms with van der Waals surface area (Å²) in [4.78, 5) is 12.2. The van der Waals surface area contributed by atoms with Crippen molar-refractivity contribution in [2.75, 3.05) is 5.75 Å². The van der Waals surface area contributed by atoms with Crippen molar-refractivity contribution in [2.24, 2.45) is 0 Å². The van der Waals surface area contributed by atoms with Crippen LogP contribution in [0.15, 0.2) is 23.4 Å². The maximum atomic E-state index is 12.2. The molecule has 1 aromatic carbocycles. The van der Waals surface area contributed by atoms with Gasteiger partial charge in [0.05, 0.1) is 11.8 Å². The van der Waals surface area contributed by atoms with Crippen LogP contribution in [0.2, 0.25) is 10.0 Å². The van der Waals surface area contributed by atoms with E-state index < -0.39 is 0 Å². The van der Waals surface area contributed by atoms with E-state index in [0.29, 0.717) is 21.8 Å². The molecule has 24 heavy (non-hydrogen) atoms. The minimum absolute atomic E-state index is 0.0680. The van der Waals surface area contributed by atoms with Crippen molar-refractivity contribution in [3.63, 3.8) is 0 Å². The molecule has 0 bridgehead atoms. The van der Waals surface area contributed by atoms with Gasteiger partial charge in [-0.3, -0.25) is 4.79 Å². The highest BCUT2D eigenvalue weighted by Crippen LogP contribution is 2.38. The van der Waals surface area contributed by atoms with Crippen LogP contribution in [0.25, 0.3) is 0 Å². The fourth-order valence-electron chi connectivity index (χ4n) is 2.55. The summed E-state index contributed by atoms with van der Waals surface area (Å²) >= 11 is 13.5. The van der Waals surface area contributed by atoms with E-state index >= 15 is 0 Å². The lowest BCUT2D eigenvalue weighted by atomic mass is 10.1. The molecule has 0 radical (unpaired) electrons. The Hall–Kier alpha value is -1.24. The van der Waals surface area contributed by atoms with Crippen molar-refractivity contribution < 1.29 is 4.79 Å². The molecule has 0 saturated heterocycles. The molecular weight excluding hydrogens is 367 g/mol. The second-order valence-corrected chi connectivity index (χ2v) is 7.66. The first-order chi connectivity index (χ1) is 11.5. The second-order valence-electron chi connectivity index (χ2n) is 5.87. The first-order valence-corrected chi connectivity index (χ1v) is 9.48. The topological polar surface area (TPSA) is 59.8 Å². The number of amides is 1. The van der Waals surface area contributed by atoms with Gasteiger partial charge in [-0.05, 0) is 44.4 Å². The molecule has 1 aliphatic carbocycles. The first kappa shape index (κ1) is 17.6. The van der Waals surface area contributed by atoms with Gasteiger partial charge in [-0.15, -0.1) is 10.2 Å². The van der Waals surface area contributed by atoms with Crippen molar-refractivity contribution in [2.45, 2.75) is 43.9 Å². The Morgan fingerprint density at radius 3 is 2.83 bits per heavy atom. The van der Waals surface area contributed by atoms with Crippen LogP contribution in [0.4, 0.5) is 0 Å². The Balaban J connectivity index is 1.58. The van der Waals surface area contributed by atoms with E-state index in [9.17, 15) is 4.79 Å². The van der Waals surface area contributed by atoms with Gasteiger partial charge in [-0.1, -0.05) is 41.0 Å². The fraction of sp³-hybridized carbons (Fsp3) is 0.438. The molecule has 5 nitrogen and oxygen atoms in total. The van der Waals surface area contributed by atoms with E-state index in [4.69, 9.17) is 23.2 Å². The first-order valence-electron chi connectivity index (χ1n) is 7.74. The number of benzene rings is 1. The number of hydrogen-bond donors (Lipinski definition) is 1. The van der Waals surface area contributed by atoms with Crippen molar-refractivity contribution in [1.82, 2.24) is 20.1 Å². The molecule has 0 aliphatic heterocycles. The number of carbonyl (C=O) groups excluding carboxylic acids is 1. The lowest BCUT2D eigenvalue weighted by Crippen LogP contribution is -2.28. The third-order valence-electron chi connectivity index (χ3n) is 3.89. The second kappa shape index (κ2) is 7.33. The number of rotatable bonds is 6. The van der Waals surface area contributed by atoms with Gasteiger partial charge in [0.2, 0.25) is 5.91 Å². The summed E-state index contributed by atoms with van der Waals surface area (Å²) in [6.07, 6.45) is 2.31. The third kappa shape index (κ3) is 4.05. The molecule has 1 saturated carbocycles. The summed E-state index contributed by atoms with van der Waals surface area (Å²) in [5.74, 6) is 1.13. The maximum Gasteiger partial charge on any atom is 0.230 e. The molecule has 1 atom stereocenters.